The van der Waals surface area contributed by atoms with E-state index in [0.717, 1.165) is 81.8 Å². The fourth-order valence-electron chi connectivity index (χ4n) is 5.54. The fourth-order valence-corrected chi connectivity index (χ4v) is 5.54. The Morgan fingerprint density at radius 2 is 1.91 bits per heavy atom. The number of likely N-dealkylation sites (N-methyl/N-ethyl adjacent to an activating group) is 1. The predicted molar refractivity (Wildman–Crippen MR) is 141 cm³/mol. The molecule has 3 aromatic carbocycles. The summed E-state index contributed by atoms with van der Waals surface area (Å²) in [6.07, 6.45) is 4.08. The van der Waals surface area contributed by atoms with Crippen molar-refractivity contribution in [1.82, 2.24) is 35.3 Å². The summed E-state index contributed by atoms with van der Waals surface area (Å²) in [5.74, 6) is 1.52. The van der Waals surface area contributed by atoms with Crippen LogP contribution >= 0.6 is 0 Å². The zero-order valence-electron chi connectivity index (χ0n) is 20.5. The van der Waals surface area contributed by atoms with Crippen molar-refractivity contribution in [1.29, 1.82) is 0 Å². The summed E-state index contributed by atoms with van der Waals surface area (Å²) < 4.78 is 2.29. The average Bonchev–Trinajstić information content (AvgIpc) is 3.48. The smallest absolute Gasteiger partial charge is 0.251 e. The van der Waals surface area contributed by atoms with E-state index in [-0.39, 0.29) is 5.91 Å². The van der Waals surface area contributed by atoms with Crippen LogP contribution in [-0.4, -0.2) is 70.8 Å². The number of carbonyl (C=O) groups is 1. The molecule has 3 N–H and O–H groups in total. The minimum Gasteiger partial charge on any atom is -0.351 e. The molecule has 1 aliphatic heterocycles. The van der Waals surface area contributed by atoms with Gasteiger partial charge in [-0.1, -0.05) is 12.1 Å². The number of rotatable bonds is 5. The van der Waals surface area contributed by atoms with Gasteiger partial charge >= 0.3 is 0 Å². The van der Waals surface area contributed by atoms with Gasteiger partial charge in [-0.3, -0.25) is 9.89 Å². The summed E-state index contributed by atoms with van der Waals surface area (Å²) in [4.78, 5) is 20.2. The summed E-state index contributed by atoms with van der Waals surface area (Å²) in [6, 6.07) is 10.2. The molecule has 0 radical (unpaired) electrons. The molecule has 1 fully saturated rings. The van der Waals surface area contributed by atoms with Crippen molar-refractivity contribution in [2.24, 2.45) is 7.05 Å². The van der Waals surface area contributed by atoms with Gasteiger partial charge in [0.1, 0.15) is 5.82 Å². The number of aromatic nitrogens is 4. The molecular formula is C27H31N7O. The van der Waals surface area contributed by atoms with Crippen molar-refractivity contribution in [2.45, 2.75) is 18.8 Å². The molecule has 2 aromatic heterocycles. The van der Waals surface area contributed by atoms with E-state index in [9.17, 15) is 4.79 Å². The fraction of sp³-hybridized carbons (Fsp3) is 0.370. The number of nitrogens with one attached hydrogen (secondary N) is 3. The third kappa shape index (κ3) is 3.64. The molecule has 0 saturated carbocycles. The molecule has 5 aromatic rings. The molecule has 1 amide bonds. The van der Waals surface area contributed by atoms with Crippen LogP contribution in [0, 0.1) is 0 Å². The lowest BCUT2D eigenvalue weighted by atomic mass is 9.96. The van der Waals surface area contributed by atoms with Crippen LogP contribution in [-0.2, 0) is 7.05 Å². The maximum Gasteiger partial charge on any atom is 0.251 e. The van der Waals surface area contributed by atoms with Crippen molar-refractivity contribution in [3.63, 3.8) is 0 Å². The number of imidazole rings is 1. The van der Waals surface area contributed by atoms with Crippen LogP contribution in [0.3, 0.4) is 0 Å². The minimum absolute atomic E-state index is 0.0530. The minimum atomic E-state index is -0.0530. The number of hydrogen-bond acceptors (Lipinski definition) is 5. The quantitative estimate of drug-likeness (QED) is 0.343. The van der Waals surface area contributed by atoms with E-state index in [1.54, 1.807) is 0 Å². The van der Waals surface area contributed by atoms with E-state index in [1.807, 2.05) is 32.4 Å². The van der Waals surface area contributed by atoms with Gasteiger partial charge in [-0.2, -0.15) is 5.10 Å². The monoisotopic (exact) mass is 469 g/mol. The number of H-pyrrole nitrogens is 1. The van der Waals surface area contributed by atoms with Crippen LogP contribution in [0.4, 0.5) is 0 Å². The number of benzene rings is 3. The van der Waals surface area contributed by atoms with Gasteiger partial charge < -0.3 is 20.1 Å². The molecule has 8 heteroatoms. The maximum atomic E-state index is 12.9. The largest absolute Gasteiger partial charge is 0.351 e. The number of hydrogen-bond donors (Lipinski definition) is 3. The van der Waals surface area contributed by atoms with Gasteiger partial charge in [0.15, 0.2) is 0 Å². The lowest BCUT2D eigenvalue weighted by Crippen LogP contribution is -2.31. The van der Waals surface area contributed by atoms with Crippen LogP contribution in [0.2, 0.25) is 0 Å². The Balaban J connectivity index is 1.60. The van der Waals surface area contributed by atoms with Gasteiger partial charge in [-0.15, -0.1) is 0 Å². The lowest BCUT2D eigenvalue weighted by molar-refractivity contribution is 0.0951. The third-order valence-electron chi connectivity index (χ3n) is 7.37. The first-order chi connectivity index (χ1) is 17.0. The number of nitrogens with zero attached hydrogens (tertiary/aromatic N) is 4. The molecule has 180 valence electrons. The van der Waals surface area contributed by atoms with Crippen LogP contribution in [0.15, 0.2) is 36.5 Å². The number of aryl methyl sites for hydroxylation is 1. The first-order valence-electron chi connectivity index (χ1n) is 12.3. The van der Waals surface area contributed by atoms with Crippen LogP contribution in [0.5, 0.6) is 0 Å². The van der Waals surface area contributed by atoms with Crippen LogP contribution in [0.25, 0.3) is 43.5 Å². The van der Waals surface area contributed by atoms with E-state index in [4.69, 9.17) is 4.98 Å². The van der Waals surface area contributed by atoms with Crippen molar-refractivity contribution in [3.8, 4) is 0 Å². The van der Waals surface area contributed by atoms with Crippen molar-refractivity contribution in [3.05, 3.63) is 47.9 Å². The second-order valence-electron chi connectivity index (χ2n) is 9.89. The van der Waals surface area contributed by atoms with Crippen LogP contribution < -0.4 is 10.6 Å². The van der Waals surface area contributed by atoms with E-state index < -0.39 is 0 Å². The molecule has 3 heterocycles. The molecule has 0 bridgehead atoms. The highest BCUT2D eigenvalue weighted by atomic mass is 16.1. The SMILES string of the molecule is CN(C)CCNC(=O)c1ccc2c(c1)c1ccc3[nH]ncc3c1c1c2nc(C2CCNCC2)n1C. The number of fused-ring (bicyclic) bond motifs is 8. The summed E-state index contributed by atoms with van der Waals surface area (Å²) in [5.41, 5.74) is 3.80. The van der Waals surface area contributed by atoms with Gasteiger partial charge in [-0.25, -0.2) is 4.98 Å². The molecule has 8 nitrogen and oxygen atoms in total. The number of aromatic amines is 1. The van der Waals surface area contributed by atoms with Gasteiger partial charge in [0.25, 0.3) is 5.91 Å². The molecule has 1 saturated heterocycles. The Morgan fingerprint density at radius 1 is 1.11 bits per heavy atom. The normalized spacial score (nSPS) is 15.2. The van der Waals surface area contributed by atoms with Gasteiger partial charge in [0, 0.05) is 47.8 Å². The summed E-state index contributed by atoms with van der Waals surface area (Å²) in [6.45, 7) is 3.45. The van der Waals surface area contributed by atoms with E-state index in [1.165, 1.54) is 0 Å². The van der Waals surface area contributed by atoms with Gasteiger partial charge in [0.2, 0.25) is 0 Å². The zero-order valence-corrected chi connectivity index (χ0v) is 20.5. The third-order valence-corrected chi connectivity index (χ3v) is 7.37. The maximum absolute atomic E-state index is 12.9. The molecule has 6 rings (SSSR count). The number of piperidine rings is 1. The highest BCUT2D eigenvalue weighted by Crippen LogP contribution is 2.40. The second kappa shape index (κ2) is 8.62. The molecule has 0 spiro atoms. The summed E-state index contributed by atoms with van der Waals surface area (Å²) in [5, 5.41) is 19.4. The zero-order chi connectivity index (χ0) is 24.1. The Kier molecular flexibility index (Phi) is 5.42. The van der Waals surface area contributed by atoms with E-state index >= 15 is 0 Å². The van der Waals surface area contributed by atoms with Crippen molar-refractivity contribution in [2.75, 3.05) is 40.3 Å². The van der Waals surface area contributed by atoms with E-state index in [2.05, 4.69) is 55.5 Å². The number of carbonyl (C=O) groups excluding carboxylic acids is 1. The standard InChI is InChI=1S/C27H31N7O/c1-33(2)13-12-29-27(35)17-4-5-19-20(14-17)18-6-7-22-21(15-30-32-22)23(18)25-24(19)31-26(34(25)3)16-8-10-28-11-9-16/h4-7,14-16,28H,8-13H2,1-3H3,(H,29,35)(H,30,32). The Bertz CT molecular complexity index is 1570. The highest BCUT2D eigenvalue weighted by molar-refractivity contribution is 6.30. The van der Waals surface area contributed by atoms with Crippen molar-refractivity contribution < 1.29 is 4.79 Å². The molecule has 0 atom stereocenters. The van der Waals surface area contributed by atoms with Gasteiger partial charge in [-0.05, 0) is 69.0 Å². The highest BCUT2D eigenvalue weighted by Gasteiger charge is 2.24. The lowest BCUT2D eigenvalue weighted by Gasteiger charge is -2.22. The topological polar surface area (TPSA) is 90.9 Å². The summed E-state index contributed by atoms with van der Waals surface area (Å²) in [7, 11) is 6.14. The van der Waals surface area contributed by atoms with Crippen LogP contribution in [0.1, 0.15) is 34.9 Å². The Morgan fingerprint density at radius 3 is 2.71 bits per heavy atom. The van der Waals surface area contributed by atoms with E-state index in [0.29, 0.717) is 18.0 Å². The number of amides is 1. The Hall–Kier alpha value is -3.49. The first kappa shape index (κ1) is 22.0. The molecule has 0 aliphatic carbocycles. The average molecular weight is 470 g/mol. The van der Waals surface area contributed by atoms with Gasteiger partial charge in [0.05, 0.1) is 22.7 Å². The molecule has 1 aliphatic rings. The molecular weight excluding hydrogens is 438 g/mol. The Labute approximate surface area is 203 Å². The van der Waals surface area contributed by atoms with Crippen molar-refractivity contribution >= 4 is 49.4 Å². The first-order valence-corrected chi connectivity index (χ1v) is 12.3. The second-order valence-corrected chi connectivity index (χ2v) is 9.89. The predicted octanol–water partition coefficient (Wildman–Crippen LogP) is 3.51. The molecule has 35 heavy (non-hydrogen) atoms. The molecule has 0 unspecified atom stereocenters. The summed E-state index contributed by atoms with van der Waals surface area (Å²) >= 11 is 0.